The van der Waals surface area contributed by atoms with E-state index in [-0.39, 0.29) is 24.5 Å². The maximum atomic E-state index is 13.6. The Hall–Kier alpha value is -4.14. The zero-order valence-corrected chi connectivity index (χ0v) is 24.1. The Morgan fingerprint density at radius 1 is 1.10 bits per heavy atom. The van der Waals surface area contributed by atoms with Crippen LogP contribution in [0.4, 0.5) is 5.95 Å². The number of amides is 2. The summed E-state index contributed by atoms with van der Waals surface area (Å²) >= 11 is 6.10. The molecule has 1 saturated heterocycles. The molecule has 2 amide bonds. The predicted octanol–water partition coefficient (Wildman–Crippen LogP) is 6.08. The highest BCUT2D eigenvalue weighted by Crippen LogP contribution is 2.27. The first-order valence-electron chi connectivity index (χ1n) is 13.6. The molecule has 1 N–H and O–H groups in total. The molecule has 8 nitrogen and oxygen atoms in total. The summed E-state index contributed by atoms with van der Waals surface area (Å²) in [6, 6.07) is 20.4. The van der Waals surface area contributed by atoms with Gasteiger partial charge in [-0.05, 0) is 80.3 Å². The van der Waals surface area contributed by atoms with Gasteiger partial charge >= 0.3 is 0 Å². The van der Waals surface area contributed by atoms with E-state index in [0.29, 0.717) is 41.1 Å². The summed E-state index contributed by atoms with van der Waals surface area (Å²) in [5.41, 5.74) is 5.13. The molecule has 0 radical (unpaired) electrons. The number of nitrogens with zero attached hydrogens (tertiary/aromatic N) is 3. The summed E-state index contributed by atoms with van der Waals surface area (Å²) in [6.45, 7) is 4.90. The van der Waals surface area contributed by atoms with Gasteiger partial charge in [0.05, 0.1) is 18.9 Å². The van der Waals surface area contributed by atoms with Crippen LogP contribution >= 0.6 is 11.6 Å². The fourth-order valence-corrected chi connectivity index (χ4v) is 4.96. The molecule has 3 aromatic carbocycles. The molecule has 0 spiro atoms. The topological polar surface area (TPSA) is 85.7 Å². The summed E-state index contributed by atoms with van der Waals surface area (Å²) in [7, 11) is 1.55. The smallest absolute Gasteiger partial charge is 0.254 e. The number of aromatic nitrogens is 2. The van der Waals surface area contributed by atoms with Gasteiger partial charge in [0.2, 0.25) is 11.9 Å². The van der Waals surface area contributed by atoms with Crippen molar-refractivity contribution in [3.63, 3.8) is 0 Å². The first-order valence-corrected chi connectivity index (χ1v) is 14.0. The number of ether oxygens (including phenoxy) is 2. The molecule has 9 heteroatoms. The standard InChI is InChI=1S/C32H33ClN4O4/c1-21-9-14-26(16-22(21)2)37-19-29(23-10-12-25(33)13-11-23)34-32(37)35-30(38)20-36(18-28-8-5-15-41-28)31(39)24-6-4-7-27(17-24)40-3/h4,6-7,9-14,16-17,19,28H,5,8,15,18,20H2,1-3H3,(H,34,35,38)/t28-/m1/s1. The van der Waals surface area contributed by atoms with Crippen molar-refractivity contribution in [2.75, 3.05) is 32.1 Å². The Morgan fingerprint density at radius 3 is 2.61 bits per heavy atom. The summed E-state index contributed by atoms with van der Waals surface area (Å²) in [6.07, 6.45) is 3.53. The first-order chi connectivity index (χ1) is 19.8. The molecule has 1 aliphatic heterocycles. The van der Waals surface area contributed by atoms with Gasteiger partial charge in [-0.25, -0.2) is 4.98 Å². The monoisotopic (exact) mass is 572 g/mol. The lowest BCUT2D eigenvalue weighted by Crippen LogP contribution is -2.42. The number of anilines is 1. The second-order valence-corrected chi connectivity index (χ2v) is 10.6. The molecule has 212 valence electrons. The highest BCUT2D eigenvalue weighted by atomic mass is 35.5. The van der Waals surface area contributed by atoms with Crippen molar-refractivity contribution in [1.29, 1.82) is 0 Å². The molecule has 1 fully saturated rings. The molecule has 1 aliphatic rings. The summed E-state index contributed by atoms with van der Waals surface area (Å²) in [5, 5.41) is 3.58. The lowest BCUT2D eigenvalue weighted by molar-refractivity contribution is -0.117. The van der Waals surface area contributed by atoms with E-state index in [1.54, 1.807) is 43.5 Å². The van der Waals surface area contributed by atoms with E-state index in [2.05, 4.69) is 12.2 Å². The zero-order valence-electron chi connectivity index (χ0n) is 23.4. The summed E-state index contributed by atoms with van der Waals surface area (Å²) in [5.74, 6) is 0.295. The average Bonchev–Trinajstić information content (AvgIpc) is 3.64. The van der Waals surface area contributed by atoms with Crippen molar-refractivity contribution in [2.24, 2.45) is 0 Å². The first kappa shape index (κ1) is 28.4. The number of methoxy groups -OCH3 is 1. The molecular weight excluding hydrogens is 540 g/mol. The fraction of sp³-hybridized carbons (Fsp3) is 0.281. The third kappa shape index (κ3) is 6.78. The van der Waals surface area contributed by atoms with Gasteiger partial charge in [-0.3, -0.25) is 19.5 Å². The molecule has 0 aliphatic carbocycles. The van der Waals surface area contributed by atoms with Gasteiger partial charge in [0, 0.05) is 41.2 Å². The highest BCUT2D eigenvalue weighted by Gasteiger charge is 2.26. The van der Waals surface area contributed by atoms with Crippen LogP contribution in [0.3, 0.4) is 0 Å². The average molecular weight is 573 g/mol. The second-order valence-electron chi connectivity index (χ2n) is 10.2. The highest BCUT2D eigenvalue weighted by molar-refractivity contribution is 6.30. The number of aryl methyl sites for hydroxylation is 2. The maximum absolute atomic E-state index is 13.6. The fourth-order valence-electron chi connectivity index (χ4n) is 4.83. The Labute approximate surface area is 244 Å². The molecular formula is C32H33ClN4O4. The van der Waals surface area contributed by atoms with Gasteiger partial charge in [0.1, 0.15) is 12.3 Å². The van der Waals surface area contributed by atoms with Crippen LogP contribution in [0.1, 0.15) is 34.3 Å². The lowest BCUT2D eigenvalue weighted by Gasteiger charge is -2.25. The Balaban J connectivity index is 1.43. The third-order valence-corrected chi connectivity index (χ3v) is 7.50. The number of halogens is 1. The van der Waals surface area contributed by atoms with Crippen molar-refractivity contribution >= 4 is 29.4 Å². The number of benzene rings is 3. The minimum absolute atomic E-state index is 0.119. The molecule has 1 atom stereocenters. The molecule has 5 rings (SSSR count). The number of rotatable bonds is 9. The summed E-state index contributed by atoms with van der Waals surface area (Å²) in [4.78, 5) is 33.4. The number of carbonyl (C=O) groups excluding carboxylic acids is 2. The van der Waals surface area contributed by atoms with Crippen LogP contribution in [0.2, 0.25) is 5.02 Å². The second kappa shape index (κ2) is 12.6. The molecule has 4 aromatic rings. The van der Waals surface area contributed by atoms with Crippen LogP contribution in [0, 0.1) is 13.8 Å². The normalized spacial score (nSPS) is 14.6. The predicted molar refractivity (Wildman–Crippen MR) is 160 cm³/mol. The molecule has 1 aromatic heterocycles. The summed E-state index contributed by atoms with van der Waals surface area (Å²) < 4.78 is 12.9. The van der Waals surface area contributed by atoms with Crippen LogP contribution in [0.5, 0.6) is 5.75 Å². The minimum atomic E-state index is -0.363. The molecule has 0 saturated carbocycles. The van der Waals surface area contributed by atoms with Crippen molar-refractivity contribution in [3.05, 3.63) is 94.6 Å². The van der Waals surface area contributed by atoms with Crippen LogP contribution in [-0.4, -0.2) is 59.2 Å². The van der Waals surface area contributed by atoms with Crippen LogP contribution in [0.25, 0.3) is 16.9 Å². The number of imidazole rings is 1. The van der Waals surface area contributed by atoms with Gasteiger partial charge in [-0.2, -0.15) is 0 Å². The molecule has 0 bridgehead atoms. The van der Waals surface area contributed by atoms with E-state index in [4.69, 9.17) is 26.1 Å². The Morgan fingerprint density at radius 2 is 1.90 bits per heavy atom. The van der Waals surface area contributed by atoms with Crippen LogP contribution < -0.4 is 10.1 Å². The van der Waals surface area contributed by atoms with E-state index in [1.807, 2.05) is 48.0 Å². The lowest BCUT2D eigenvalue weighted by atomic mass is 10.1. The number of hydrogen-bond donors (Lipinski definition) is 1. The SMILES string of the molecule is COc1cccc(C(=O)N(CC(=O)Nc2nc(-c3ccc(Cl)cc3)cn2-c2ccc(C)c(C)c2)C[C@H]2CCCO2)c1. The number of carbonyl (C=O) groups is 2. The van der Waals surface area contributed by atoms with Gasteiger partial charge in [-0.15, -0.1) is 0 Å². The van der Waals surface area contributed by atoms with Crippen molar-refractivity contribution in [1.82, 2.24) is 14.5 Å². The van der Waals surface area contributed by atoms with E-state index >= 15 is 0 Å². The zero-order chi connectivity index (χ0) is 28.9. The largest absolute Gasteiger partial charge is 0.497 e. The molecule has 2 heterocycles. The molecule has 0 unspecified atom stereocenters. The maximum Gasteiger partial charge on any atom is 0.254 e. The van der Waals surface area contributed by atoms with Crippen molar-refractivity contribution in [2.45, 2.75) is 32.8 Å². The Kier molecular flexibility index (Phi) is 8.71. The van der Waals surface area contributed by atoms with E-state index in [9.17, 15) is 9.59 Å². The quantitative estimate of drug-likeness (QED) is 0.263. The number of nitrogens with one attached hydrogen (secondary N) is 1. The van der Waals surface area contributed by atoms with Gasteiger partial charge < -0.3 is 14.4 Å². The van der Waals surface area contributed by atoms with Gasteiger partial charge in [0.15, 0.2) is 0 Å². The van der Waals surface area contributed by atoms with E-state index in [1.165, 1.54) is 10.5 Å². The van der Waals surface area contributed by atoms with Gasteiger partial charge in [-0.1, -0.05) is 35.9 Å². The van der Waals surface area contributed by atoms with Crippen molar-refractivity contribution < 1.29 is 19.1 Å². The van der Waals surface area contributed by atoms with E-state index < -0.39 is 0 Å². The van der Waals surface area contributed by atoms with Crippen molar-refractivity contribution in [3.8, 4) is 22.7 Å². The number of hydrogen-bond acceptors (Lipinski definition) is 5. The Bertz CT molecular complexity index is 1540. The van der Waals surface area contributed by atoms with Crippen LogP contribution in [0.15, 0.2) is 72.9 Å². The molecule has 41 heavy (non-hydrogen) atoms. The van der Waals surface area contributed by atoms with Gasteiger partial charge in [0.25, 0.3) is 5.91 Å². The third-order valence-electron chi connectivity index (χ3n) is 7.25. The van der Waals surface area contributed by atoms with E-state index in [0.717, 1.165) is 29.7 Å². The minimum Gasteiger partial charge on any atom is -0.497 e. The van der Waals surface area contributed by atoms with Crippen LogP contribution in [-0.2, 0) is 9.53 Å².